The standard InChI is InChI=1S/C19H25F3O3/c1-3-4-5-6-7-12(2)19(23)25-14-10-13(11-14)24-16-9-8-15(20)17(21)18(16)22/h8-9,12-14H,3-7,10-11H2,1-2H3. The van der Waals surface area contributed by atoms with Crippen molar-refractivity contribution in [1.82, 2.24) is 0 Å². The number of carbonyl (C=O) groups excluding carboxylic acids is 1. The summed E-state index contributed by atoms with van der Waals surface area (Å²) in [5, 5.41) is 0. The molecule has 6 heteroatoms. The highest BCUT2D eigenvalue weighted by molar-refractivity contribution is 5.72. The van der Waals surface area contributed by atoms with Gasteiger partial charge in [-0.15, -0.1) is 0 Å². The van der Waals surface area contributed by atoms with Crippen LogP contribution in [0.1, 0.15) is 58.8 Å². The number of benzene rings is 1. The van der Waals surface area contributed by atoms with Crippen LogP contribution in [0, 0.1) is 23.4 Å². The normalized spacial score (nSPS) is 20.7. The molecular weight excluding hydrogens is 333 g/mol. The maximum Gasteiger partial charge on any atom is 0.308 e. The second-order valence-corrected chi connectivity index (χ2v) is 6.69. The quantitative estimate of drug-likeness (QED) is 0.347. The van der Waals surface area contributed by atoms with Crippen LogP contribution >= 0.6 is 0 Å². The third-order valence-corrected chi connectivity index (χ3v) is 4.52. The summed E-state index contributed by atoms with van der Waals surface area (Å²) >= 11 is 0. The molecule has 1 unspecified atom stereocenters. The zero-order valence-corrected chi connectivity index (χ0v) is 14.7. The minimum Gasteiger partial charge on any atom is -0.487 e. The van der Waals surface area contributed by atoms with E-state index < -0.39 is 17.5 Å². The fourth-order valence-electron chi connectivity index (χ4n) is 2.76. The molecule has 0 heterocycles. The van der Waals surface area contributed by atoms with Gasteiger partial charge in [-0.1, -0.05) is 39.5 Å². The van der Waals surface area contributed by atoms with E-state index in [0.717, 1.165) is 37.8 Å². The van der Waals surface area contributed by atoms with Crippen LogP contribution in [0.2, 0.25) is 0 Å². The first kappa shape index (κ1) is 19.6. The number of halogens is 3. The molecule has 0 amide bonds. The van der Waals surface area contributed by atoms with Gasteiger partial charge >= 0.3 is 5.97 Å². The molecule has 1 atom stereocenters. The van der Waals surface area contributed by atoms with Crippen molar-refractivity contribution in [2.75, 3.05) is 0 Å². The number of hydrogen-bond donors (Lipinski definition) is 0. The molecule has 3 nitrogen and oxygen atoms in total. The molecule has 0 saturated heterocycles. The molecule has 2 rings (SSSR count). The Kier molecular flexibility index (Phi) is 7.14. The van der Waals surface area contributed by atoms with Crippen molar-refractivity contribution in [1.29, 1.82) is 0 Å². The maximum absolute atomic E-state index is 13.5. The Balaban J connectivity index is 1.70. The Morgan fingerprint density at radius 1 is 1.12 bits per heavy atom. The first-order valence-corrected chi connectivity index (χ1v) is 8.93. The van der Waals surface area contributed by atoms with E-state index in [1.54, 1.807) is 0 Å². The first-order chi connectivity index (χ1) is 11.9. The molecule has 0 radical (unpaired) electrons. The van der Waals surface area contributed by atoms with Gasteiger partial charge < -0.3 is 9.47 Å². The van der Waals surface area contributed by atoms with Crippen LogP contribution in [0.25, 0.3) is 0 Å². The second-order valence-electron chi connectivity index (χ2n) is 6.69. The van der Waals surface area contributed by atoms with Crippen molar-refractivity contribution >= 4 is 5.97 Å². The van der Waals surface area contributed by atoms with E-state index in [1.165, 1.54) is 6.42 Å². The van der Waals surface area contributed by atoms with Gasteiger partial charge in [-0.3, -0.25) is 4.79 Å². The van der Waals surface area contributed by atoms with Gasteiger partial charge in [0.15, 0.2) is 17.4 Å². The molecule has 0 bridgehead atoms. The topological polar surface area (TPSA) is 35.5 Å². The fourth-order valence-corrected chi connectivity index (χ4v) is 2.76. The summed E-state index contributed by atoms with van der Waals surface area (Å²) in [6, 6.07) is 1.88. The first-order valence-electron chi connectivity index (χ1n) is 8.93. The minimum atomic E-state index is -1.54. The van der Waals surface area contributed by atoms with Crippen LogP contribution in [0.4, 0.5) is 13.2 Å². The summed E-state index contributed by atoms with van der Waals surface area (Å²) in [5.74, 6) is -4.81. The molecule has 1 aliphatic rings. The van der Waals surface area contributed by atoms with Crippen LogP contribution < -0.4 is 4.74 Å². The van der Waals surface area contributed by atoms with E-state index in [4.69, 9.17) is 9.47 Å². The molecule has 140 valence electrons. The highest BCUT2D eigenvalue weighted by atomic mass is 19.2. The Labute approximate surface area is 146 Å². The van der Waals surface area contributed by atoms with Gasteiger partial charge in [0, 0.05) is 12.8 Å². The van der Waals surface area contributed by atoms with E-state index in [0.29, 0.717) is 12.8 Å². The monoisotopic (exact) mass is 358 g/mol. The maximum atomic E-state index is 13.5. The van der Waals surface area contributed by atoms with E-state index in [-0.39, 0.29) is 29.8 Å². The summed E-state index contributed by atoms with van der Waals surface area (Å²) in [6.07, 6.45) is 5.49. The molecule has 1 aliphatic carbocycles. The van der Waals surface area contributed by atoms with Crippen LogP contribution in [0.3, 0.4) is 0 Å². The number of carbonyl (C=O) groups is 1. The van der Waals surface area contributed by atoms with E-state index >= 15 is 0 Å². The molecule has 1 fully saturated rings. The van der Waals surface area contributed by atoms with Gasteiger partial charge in [-0.05, 0) is 18.6 Å². The van der Waals surface area contributed by atoms with Gasteiger partial charge in [0.25, 0.3) is 0 Å². The number of rotatable bonds is 9. The summed E-state index contributed by atoms with van der Waals surface area (Å²) < 4.78 is 50.3. The van der Waals surface area contributed by atoms with E-state index in [2.05, 4.69) is 6.92 Å². The minimum absolute atomic E-state index is 0.138. The highest BCUT2D eigenvalue weighted by Crippen LogP contribution is 2.31. The van der Waals surface area contributed by atoms with Crippen molar-refractivity contribution in [3.8, 4) is 5.75 Å². The van der Waals surface area contributed by atoms with Gasteiger partial charge in [0.05, 0.1) is 5.92 Å². The van der Waals surface area contributed by atoms with Crippen molar-refractivity contribution in [3.05, 3.63) is 29.6 Å². The zero-order valence-electron chi connectivity index (χ0n) is 14.7. The highest BCUT2D eigenvalue weighted by Gasteiger charge is 2.35. The largest absolute Gasteiger partial charge is 0.487 e. The van der Waals surface area contributed by atoms with Crippen molar-refractivity contribution in [2.45, 2.75) is 71.0 Å². The molecule has 25 heavy (non-hydrogen) atoms. The van der Waals surface area contributed by atoms with Crippen LogP contribution in [-0.4, -0.2) is 18.2 Å². The Hall–Kier alpha value is -1.72. The van der Waals surface area contributed by atoms with Crippen molar-refractivity contribution in [3.63, 3.8) is 0 Å². The SMILES string of the molecule is CCCCCCC(C)C(=O)OC1CC(Oc2ccc(F)c(F)c2F)C1. The molecule has 1 aromatic rings. The summed E-state index contributed by atoms with van der Waals surface area (Å²) in [4.78, 5) is 12.0. The van der Waals surface area contributed by atoms with Crippen LogP contribution in [0.15, 0.2) is 12.1 Å². The number of esters is 1. The third kappa shape index (κ3) is 5.38. The van der Waals surface area contributed by atoms with Gasteiger partial charge in [-0.25, -0.2) is 8.78 Å². The van der Waals surface area contributed by atoms with E-state index in [1.807, 2.05) is 6.92 Å². The molecular formula is C19H25F3O3. The van der Waals surface area contributed by atoms with Crippen LogP contribution in [0.5, 0.6) is 5.75 Å². The average molecular weight is 358 g/mol. The zero-order chi connectivity index (χ0) is 18.4. The molecule has 0 aromatic heterocycles. The molecule has 0 spiro atoms. The average Bonchev–Trinajstić information content (AvgIpc) is 2.56. The molecule has 0 aliphatic heterocycles. The summed E-state index contributed by atoms with van der Waals surface area (Å²) in [5.41, 5.74) is 0. The van der Waals surface area contributed by atoms with Crippen molar-refractivity contribution in [2.24, 2.45) is 5.92 Å². The number of ether oxygens (including phenoxy) is 2. The Bertz CT molecular complexity index is 586. The Morgan fingerprint density at radius 3 is 2.52 bits per heavy atom. The van der Waals surface area contributed by atoms with Gasteiger partial charge in [0.2, 0.25) is 5.82 Å². The van der Waals surface area contributed by atoms with Gasteiger partial charge in [0.1, 0.15) is 12.2 Å². The molecule has 1 saturated carbocycles. The number of hydrogen-bond acceptors (Lipinski definition) is 3. The fraction of sp³-hybridized carbons (Fsp3) is 0.632. The second kappa shape index (κ2) is 9.11. The van der Waals surface area contributed by atoms with E-state index in [9.17, 15) is 18.0 Å². The molecule has 0 N–H and O–H groups in total. The predicted molar refractivity (Wildman–Crippen MR) is 87.8 cm³/mol. The van der Waals surface area contributed by atoms with Crippen LogP contribution in [-0.2, 0) is 9.53 Å². The lowest BCUT2D eigenvalue weighted by Crippen LogP contribution is -2.41. The number of unbranched alkanes of at least 4 members (excludes halogenated alkanes) is 3. The lowest BCUT2D eigenvalue weighted by molar-refractivity contribution is -0.162. The lowest BCUT2D eigenvalue weighted by atomic mass is 9.91. The smallest absolute Gasteiger partial charge is 0.308 e. The summed E-state index contributed by atoms with van der Waals surface area (Å²) in [7, 11) is 0. The third-order valence-electron chi connectivity index (χ3n) is 4.52. The predicted octanol–water partition coefficient (Wildman–Crippen LogP) is 5.16. The lowest BCUT2D eigenvalue weighted by Gasteiger charge is -2.35. The van der Waals surface area contributed by atoms with Gasteiger partial charge in [-0.2, -0.15) is 4.39 Å². The van der Waals surface area contributed by atoms with Crippen molar-refractivity contribution < 1.29 is 27.4 Å². The molecule has 1 aromatic carbocycles. The Morgan fingerprint density at radius 2 is 1.84 bits per heavy atom. The summed E-state index contributed by atoms with van der Waals surface area (Å²) in [6.45, 7) is 4.00.